The molecule has 1 saturated heterocycles. The molecule has 0 spiro atoms. The predicted molar refractivity (Wildman–Crippen MR) is 77.8 cm³/mol. The summed E-state index contributed by atoms with van der Waals surface area (Å²) < 4.78 is 13.2. The van der Waals surface area contributed by atoms with Crippen LogP contribution in [0, 0.1) is 12.7 Å². The third-order valence-electron chi connectivity index (χ3n) is 3.38. The molecule has 0 aromatic heterocycles. The first kappa shape index (κ1) is 15.0. The number of halogens is 1. The first-order valence-corrected chi connectivity index (χ1v) is 7.32. The zero-order chi connectivity index (χ0) is 14.7. The maximum Gasteiger partial charge on any atom is 0.186 e. The summed E-state index contributed by atoms with van der Waals surface area (Å²) in [6, 6.07) is 4.22. The Labute approximate surface area is 121 Å². The molecular formula is C15H16FNO2S. The number of rotatable bonds is 2. The molecule has 0 saturated carbocycles. The van der Waals surface area contributed by atoms with Gasteiger partial charge in [0.1, 0.15) is 11.8 Å². The van der Waals surface area contributed by atoms with Crippen LogP contribution in [0.25, 0.3) is 0 Å². The molecule has 106 valence electrons. The van der Waals surface area contributed by atoms with E-state index in [1.54, 1.807) is 6.07 Å². The summed E-state index contributed by atoms with van der Waals surface area (Å²) in [5.41, 5.74) is 2.17. The van der Waals surface area contributed by atoms with Gasteiger partial charge in [-0.05, 0) is 43.1 Å². The summed E-state index contributed by atoms with van der Waals surface area (Å²) in [5.74, 6) is 1.69. The quantitative estimate of drug-likeness (QED) is 0.851. The van der Waals surface area contributed by atoms with Crippen molar-refractivity contribution in [3.8, 4) is 0 Å². The zero-order valence-electron chi connectivity index (χ0n) is 11.4. The second-order valence-corrected chi connectivity index (χ2v) is 6.21. The Morgan fingerprint density at radius 1 is 1.50 bits per heavy atom. The van der Waals surface area contributed by atoms with Crippen molar-refractivity contribution in [3.05, 3.63) is 40.7 Å². The molecule has 0 amide bonds. The Hall–Kier alpha value is -1.42. The smallest absolute Gasteiger partial charge is 0.186 e. The number of piperidine rings is 1. The SMILES string of the molecule is CC(=O)SC1CCNC(c2ccc(F)cc2C)C1=C=O. The highest BCUT2D eigenvalue weighted by molar-refractivity contribution is 8.14. The molecular weight excluding hydrogens is 277 g/mol. The number of nitrogens with one attached hydrogen (secondary N) is 1. The first-order chi connectivity index (χ1) is 9.52. The molecule has 1 aromatic rings. The van der Waals surface area contributed by atoms with E-state index in [2.05, 4.69) is 5.32 Å². The van der Waals surface area contributed by atoms with Gasteiger partial charge in [-0.3, -0.25) is 4.79 Å². The summed E-state index contributed by atoms with van der Waals surface area (Å²) >= 11 is 1.16. The second-order valence-electron chi connectivity index (χ2n) is 4.83. The molecule has 1 heterocycles. The Morgan fingerprint density at radius 2 is 2.25 bits per heavy atom. The Morgan fingerprint density at radius 3 is 2.85 bits per heavy atom. The molecule has 20 heavy (non-hydrogen) atoms. The van der Waals surface area contributed by atoms with Crippen LogP contribution in [-0.4, -0.2) is 22.9 Å². The average molecular weight is 293 g/mol. The summed E-state index contributed by atoms with van der Waals surface area (Å²) in [5, 5.41) is 3.09. The van der Waals surface area contributed by atoms with E-state index in [0.717, 1.165) is 22.9 Å². The van der Waals surface area contributed by atoms with Crippen molar-refractivity contribution in [2.24, 2.45) is 0 Å². The first-order valence-electron chi connectivity index (χ1n) is 6.44. The Balaban J connectivity index is 2.34. The van der Waals surface area contributed by atoms with Gasteiger partial charge in [0.05, 0.1) is 6.04 Å². The van der Waals surface area contributed by atoms with Gasteiger partial charge < -0.3 is 5.32 Å². The van der Waals surface area contributed by atoms with Gasteiger partial charge in [0.2, 0.25) is 0 Å². The van der Waals surface area contributed by atoms with E-state index in [9.17, 15) is 14.0 Å². The molecule has 2 atom stereocenters. The molecule has 0 bridgehead atoms. The maximum absolute atomic E-state index is 13.2. The van der Waals surface area contributed by atoms with Crippen molar-refractivity contribution in [2.45, 2.75) is 31.6 Å². The molecule has 1 N–H and O–H groups in total. The maximum atomic E-state index is 13.2. The van der Waals surface area contributed by atoms with E-state index in [1.165, 1.54) is 19.1 Å². The van der Waals surface area contributed by atoms with E-state index < -0.39 is 0 Å². The molecule has 2 rings (SSSR count). The number of hydrogen-bond donors (Lipinski definition) is 1. The van der Waals surface area contributed by atoms with Crippen molar-refractivity contribution in [3.63, 3.8) is 0 Å². The van der Waals surface area contributed by atoms with E-state index >= 15 is 0 Å². The highest BCUT2D eigenvalue weighted by atomic mass is 32.2. The number of hydrogen-bond acceptors (Lipinski definition) is 4. The lowest BCUT2D eigenvalue weighted by molar-refractivity contribution is -0.109. The van der Waals surface area contributed by atoms with Gasteiger partial charge >= 0.3 is 0 Å². The lowest BCUT2D eigenvalue weighted by Gasteiger charge is -2.31. The topological polar surface area (TPSA) is 46.2 Å². The molecule has 0 aliphatic carbocycles. The van der Waals surface area contributed by atoms with E-state index in [-0.39, 0.29) is 22.2 Å². The minimum absolute atomic E-state index is 0.0146. The van der Waals surface area contributed by atoms with E-state index in [4.69, 9.17) is 0 Å². The summed E-state index contributed by atoms with van der Waals surface area (Å²) in [6.45, 7) is 4.01. The Bertz CT molecular complexity index is 581. The van der Waals surface area contributed by atoms with Gasteiger partial charge in [0.15, 0.2) is 5.12 Å². The van der Waals surface area contributed by atoms with Crippen LogP contribution in [0.5, 0.6) is 0 Å². The Kier molecular flexibility index (Phi) is 4.76. The predicted octanol–water partition coefficient (Wildman–Crippen LogP) is 2.57. The van der Waals surface area contributed by atoms with Gasteiger partial charge in [0.25, 0.3) is 0 Å². The van der Waals surface area contributed by atoms with Crippen LogP contribution in [0.1, 0.15) is 30.5 Å². The molecule has 0 radical (unpaired) electrons. The van der Waals surface area contributed by atoms with Crippen molar-refractivity contribution in [1.29, 1.82) is 0 Å². The number of aryl methyl sites for hydroxylation is 1. The standard InChI is InChI=1S/C15H16FNO2S/c1-9-7-11(16)3-4-12(9)15-13(8-18)14(5-6-17-15)20-10(2)19/h3-4,7,14-15,17H,5-6H2,1-2H3. The van der Waals surface area contributed by atoms with Gasteiger partial charge in [-0.1, -0.05) is 17.8 Å². The minimum atomic E-state index is -0.298. The average Bonchev–Trinajstić information content (AvgIpc) is 2.38. The molecule has 1 aliphatic heterocycles. The van der Waals surface area contributed by atoms with Gasteiger partial charge in [-0.25, -0.2) is 9.18 Å². The van der Waals surface area contributed by atoms with E-state index in [0.29, 0.717) is 18.5 Å². The highest BCUT2D eigenvalue weighted by Crippen LogP contribution is 2.35. The van der Waals surface area contributed by atoms with Crippen LogP contribution >= 0.6 is 11.8 Å². The van der Waals surface area contributed by atoms with Crippen molar-refractivity contribution in [2.75, 3.05) is 6.54 Å². The van der Waals surface area contributed by atoms with E-state index in [1.807, 2.05) is 12.9 Å². The number of benzene rings is 1. The molecule has 1 aliphatic rings. The molecule has 3 nitrogen and oxygen atoms in total. The van der Waals surface area contributed by atoms with Crippen LogP contribution in [0.15, 0.2) is 23.8 Å². The van der Waals surface area contributed by atoms with Gasteiger partial charge in [0, 0.05) is 17.7 Å². The molecule has 1 aromatic carbocycles. The number of carbonyl (C=O) groups excluding carboxylic acids is 2. The monoisotopic (exact) mass is 293 g/mol. The molecule has 5 heteroatoms. The normalized spacial score (nSPS) is 22.4. The molecule has 2 unspecified atom stereocenters. The lowest BCUT2D eigenvalue weighted by Crippen LogP contribution is -2.36. The van der Waals surface area contributed by atoms with Gasteiger partial charge in [-0.15, -0.1) is 0 Å². The third kappa shape index (κ3) is 3.18. The van der Waals surface area contributed by atoms with Crippen LogP contribution in [0.3, 0.4) is 0 Å². The minimum Gasteiger partial charge on any atom is -0.306 e. The second kappa shape index (κ2) is 6.35. The van der Waals surface area contributed by atoms with Gasteiger partial charge in [-0.2, -0.15) is 0 Å². The van der Waals surface area contributed by atoms with Crippen LogP contribution in [-0.2, 0) is 9.59 Å². The summed E-state index contributed by atoms with van der Waals surface area (Å²) in [4.78, 5) is 22.6. The molecule has 1 fully saturated rings. The fraction of sp³-hybridized carbons (Fsp3) is 0.400. The number of carbonyl (C=O) groups is 1. The van der Waals surface area contributed by atoms with Crippen LogP contribution in [0.4, 0.5) is 4.39 Å². The van der Waals surface area contributed by atoms with Crippen LogP contribution < -0.4 is 5.32 Å². The summed E-state index contributed by atoms with van der Waals surface area (Å²) in [6.07, 6.45) is 0.714. The van der Waals surface area contributed by atoms with Crippen molar-refractivity contribution >= 4 is 22.8 Å². The number of thioether (sulfide) groups is 1. The van der Waals surface area contributed by atoms with Crippen molar-refractivity contribution in [1.82, 2.24) is 5.32 Å². The summed E-state index contributed by atoms with van der Waals surface area (Å²) in [7, 11) is 0. The van der Waals surface area contributed by atoms with Crippen LogP contribution in [0.2, 0.25) is 0 Å². The zero-order valence-corrected chi connectivity index (χ0v) is 12.2. The fourth-order valence-corrected chi connectivity index (χ4v) is 3.45. The third-order valence-corrected chi connectivity index (χ3v) is 4.49. The lowest BCUT2D eigenvalue weighted by atomic mass is 9.90. The highest BCUT2D eigenvalue weighted by Gasteiger charge is 2.31. The fourth-order valence-electron chi connectivity index (χ4n) is 2.50. The van der Waals surface area contributed by atoms with Crippen molar-refractivity contribution < 1.29 is 14.0 Å². The largest absolute Gasteiger partial charge is 0.306 e.